The van der Waals surface area contributed by atoms with Gasteiger partial charge in [-0.3, -0.25) is 4.90 Å². The monoisotopic (exact) mass is 401 g/mol. The molecule has 1 aliphatic carbocycles. The maximum Gasteiger partial charge on any atom is 0.175 e. The summed E-state index contributed by atoms with van der Waals surface area (Å²) in [5.74, 6) is 0.402. The first-order valence-corrected chi connectivity index (χ1v) is 10.9. The highest BCUT2D eigenvalue weighted by Crippen LogP contribution is 2.30. The van der Waals surface area contributed by atoms with Gasteiger partial charge >= 0.3 is 0 Å². The average Bonchev–Trinajstić information content (AvgIpc) is 3.40. The first-order chi connectivity index (χ1) is 13.4. The molecular formula is C19H20FN5O2S. The van der Waals surface area contributed by atoms with Gasteiger partial charge in [0.1, 0.15) is 5.82 Å². The third-order valence-corrected chi connectivity index (χ3v) is 5.85. The molecule has 0 N–H and O–H groups in total. The van der Waals surface area contributed by atoms with Gasteiger partial charge in [-0.2, -0.15) is 4.68 Å². The molecular weight excluding hydrogens is 381 g/mol. The van der Waals surface area contributed by atoms with Crippen LogP contribution in [0.2, 0.25) is 0 Å². The lowest BCUT2D eigenvalue weighted by Gasteiger charge is -2.21. The van der Waals surface area contributed by atoms with Crippen LogP contribution >= 0.6 is 0 Å². The van der Waals surface area contributed by atoms with Crippen LogP contribution in [0.15, 0.2) is 53.4 Å². The predicted octanol–water partition coefficient (Wildman–Crippen LogP) is 2.37. The fourth-order valence-corrected chi connectivity index (χ4v) is 3.78. The van der Waals surface area contributed by atoms with Crippen molar-refractivity contribution in [3.8, 4) is 5.69 Å². The van der Waals surface area contributed by atoms with Gasteiger partial charge in [-0.05, 0) is 65.2 Å². The number of benzene rings is 2. The Kier molecular flexibility index (Phi) is 4.94. The van der Waals surface area contributed by atoms with E-state index < -0.39 is 9.84 Å². The lowest BCUT2D eigenvalue weighted by Crippen LogP contribution is -2.27. The van der Waals surface area contributed by atoms with Crippen molar-refractivity contribution in [1.82, 2.24) is 25.1 Å². The van der Waals surface area contributed by atoms with Gasteiger partial charge in [0.25, 0.3) is 0 Å². The van der Waals surface area contributed by atoms with Gasteiger partial charge in [0, 0.05) is 18.8 Å². The van der Waals surface area contributed by atoms with E-state index in [1.807, 2.05) is 6.07 Å². The molecule has 0 unspecified atom stereocenters. The van der Waals surface area contributed by atoms with E-state index in [2.05, 4.69) is 20.4 Å². The zero-order valence-corrected chi connectivity index (χ0v) is 16.2. The van der Waals surface area contributed by atoms with Gasteiger partial charge in [-0.1, -0.05) is 12.1 Å². The highest BCUT2D eigenvalue weighted by molar-refractivity contribution is 7.90. The van der Waals surface area contributed by atoms with Crippen molar-refractivity contribution in [2.24, 2.45) is 0 Å². The maximum absolute atomic E-state index is 13.5. The fraction of sp³-hybridized carbons (Fsp3) is 0.316. The molecule has 3 aromatic rings. The molecule has 1 aromatic heterocycles. The summed E-state index contributed by atoms with van der Waals surface area (Å²) in [4.78, 5) is 2.48. The molecule has 0 atom stereocenters. The Hall–Kier alpha value is -2.65. The molecule has 2 aromatic carbocycles. The maximum atomic E-state index is 13.5. The third kappa shape index (κ3) is 4.26. The topological polar surface area (TPSA) is 81.0 Å². The Morgan fingerprint density at radius 1 is 1.14 bits per heavy atom. The number of hydrogen-bond donors (Lipinski definition) is 0. The number of tetrazole rings is 1. The van der Waals surface area contributed by atoms with Gasteiger partial charge in [-0.25, -0.2) is 12.8 Å². The molecule has 0 bridgehead atoms. The summed E-state index contributed by atoms with van der Waals surface area (Å²) >= 11 is 0. The largest absolute Gasteiger partial charge is 0.289 e. The average molecular weight is 401 g/mol. The number of rotatable bonds is 7. The van der Waals surface area contributed by atoms with Crippen LogP contribution in [0.25, 0.3) is 5.69 Å². The first-order valence-electron chi connectivity index (χ1n) is 8.96. The molecule has 0 spiro atoms. The van der Waals surface area contributed by atoms with Crippen LogP contribution in [0.3, 0.4) is 0 Å². The Morgan fingerprint density at radius 2 is 1.89 bits per heavy atom. The van der Waals surface area contributed by atoms with E-state index in [1.54, 1.807) is 41.1 Å². The first kappa shape index (κ1) is 18.7. The quantitative estimate of drug-likeness (QED) is 0.605. The third-order valence-electron chi connectivity index (χ3n) is 4.73. The summed E-state index contributed by atoms with van der Waals surface area (Å²) in [5.41, 5.74) is 1.59. The van der Waals surface area contributed by atoms with E-state index in [4.69, 9.17) is 0 Å². The number of sulfone groups is 1. The van der Waals surface area contributed by atoms with Crippen LogP contribution in [0, 0.1) is 5.82 Å². The van der Waals surface area contributed by atoms with Crippen molar-refractivity contribution in [3.05, 3.63) is 65.7 Å². The summed E-state index contributed by atoms with van der Waals surface area (Å²) in [6.45, 7) is 1.13. The zero-order valence-electron chi connectivity index (χ0n) is 15.4. The van der Waals surface area contributed by atoms with Crippen LogP contribution in [-0.2, 0) is 22.9 Å². The van der Waals surface area contributed by atoms with Crippen molar-refractivity contribution in [3.63, 3.8) is 0 Å². The molecule has 1 fully saturated rings. The standard InChI is InChI=1S/C19H20FN5O2S/c1-28(26,27)18-9-7-17(8-10-18)25-19(21-22-23-25)13-24(16-5-6-16)12-14-3-2-4-15(20)11-14/h2-4,7-11,16H,5-6,12-13H2,1H3. The number of nitrogens with zero attached hydrogens (tertiary/aromatic N) is 5. The minimum atomic E-state index is -3.26. The smallest absolute Gasteiger partial charge is 0.175 e. The van der Waals surface area contributed by atoms with Gasteiger partial charge in [0.05, 0.1) is 17.1 Å². The van der Waals surface area contributed by atoms with Gasteiger partial charge < -0.3 is 0 Å². The molecule has 1 heterocycles. The Labute approximate surface area is 162 Å². The Morgan fingerprint density at radius 3 is 2.54 bits per heavy atom. The predicted molar refractivity (Wildman–Crippen MR) is 101 cm³/mol. The minimum Gasteiger partial charge on any atom is -0.289 e. The summed E-state index contributed by atoms with van der Waals surface area (Å²) in [5, 5.41) is 12.0. The summed E-state index contributed by atoms with van der Waals surface area (Å²) in [6.07, 6.45) is 3.37. The number of hydrogen-bond acceptors (Lipinski definition) is 6. The Balaban J connectivity index is 1.56. The molecule has 7 nitrogen and oxygen atoms in total. The van der Waals surface area contributed by atoms with E-state index in [0.29, 0.717) is 30.6 Å². The highest BCUT2D eigenvalue weighted by atomic mass is 32.2. The molecule has 28 heavy (non-hydrogen) atoms. The van der Waals surface area contributed by atoms with Crippen LogP contribution in [0.1, 0.15) is 24.2 Å². The minimum absolute atomic E-state index is 0.246. The molecule has 0 radical (unpaired) electrons. The van der Waals surface area contributed by atoms with E-state index in [-0.39, 0.29) is 10.7 Å². The zero-order chi connectivity index (χ0) is 19.7. The van der Waals surface area contributed by atoms with E-state index in [1.165, 1.54) is 12.3 Å². The van der Waals surface area contributed by atoms with Crippen molar-refractivity contribution in [2.75, 3.05) is 6.26 Å². The van der Waals surface area contributed by atoms with Crippen LogP contribution in [0.4, 0.5) is 4.39 Å². The summed E-state index contributed by atoms with van der Waals surface area (Å²) < 4.78 is 38.4. The second kappa shape index (κ2) is 7.40. The molecule has 0 amide bonds. The second-order valence-electron chi connectivity index (χ2n) is 7.04. The van der Waals surface area contributed by atoms with Crippen molar-refractivity contribution in [1.29, 1.82) is 0 Å². The van der Waals surface area contributed by atoms with Gasteiger partial charge in [0.2, 0.25) is 0 Å². The van der Waals surface area contributed by atoms with Crippen LogP contribution in [0.5, 0.6) is 0 Å². The molecule has 1 aliphatic rings. The van der Waals surface area contributed by atoms with E-state index in [9.17, 15) is 12.8 Å². The van der Waals surface area contributed by atoms with Crippen LogP contribution in [-0.4, -0.2) is 45.8 Å². The van der Waals surface area contributed by atoms with Crippen LogP contribution < -0.4 is 0 Å². The van der Waals surface area contributed by atoms with E-state index >= 15 is 0 Å². The molecule has 1 saturated carbocycles. The molecule has 0 saturated heterocycles. The molecule has 0 aliphatic heterocycles. The molecule has 4 rings (SSSR count). The number of halogens is 1. The van der Waals surface area contributed by atoms with Crippen molar-refractivity contribution < 1.29 is 12.8 Å². The normalized spacial score (nSPS) is 14.5. The SMILES string of the molecule is CS(=O)(=O)c1ccc(-n2nnnc2CN(Cc2cccc(F)c2)C2CC2)cc1. The van der Waals surface area contributed by atoms with Gasteiger partial charge in [-0.15, -0.1) is 5.10 Å². The summed E-state index contributed by atoms with van der Waals surface area (Å²) in [6, 6.07) is 13.5. The molecule has 9 heteroatoms. The number of aromatic nitrogens is 4. The molecule has 146 valence electrons. The second-order valence-corrected chi connectivity index (χ2v) is 9.05. The van der Waals surface area contributed by atoms with E-state index in [0.717, 1.165) is 18.4 Å². The Bertz CT molecular complexity index is 1080. The summed E-state index contributed by atoms with van der Waals surface area (Å²) in [7, 11) is -3.26. The van der Waals surface area contributed by atoms with Crippen molar-refractivity contribution in [2.45, 2.75) is 36.9 Å². The lowest BCUT2D eigenvalue weighted by atomic mass is 10.2. The van der Waals surface area contributed by atoms with Gasteiger partial charge in [0.15, 0.2) is 15.7 Å². The van der Waals surface area contributed by atoms with Crippen molar-refractivity contribution >= 4 is 9.84 Å². The fourth-order valence-electron chi connectivity index (χ4n) is 3.14. The highest BCUT2D eigenvalue weighted by Gasteiger charge is 2.30. The lowest BCUT2D eigenvalue weighted by molar-refractivity contribution is 0.237.